The number of thiophene rings is 1. The highest BCUT2D eigenvalue weighted by Crippen LogP contribution is 2.26. The Hall–Kier alpha value is -1.88. The predicted octanol–water partition coefficient (Wildman–Crippen LogP) is 3.15. The van der Waals surface area contributed by atoms with Crippen LogP contribution in [0.15, 0.2) is 29.6 Å². The SMILES string of the molecule is CCC(C)C(NC(=O)Cc1csc2ccccc12)C(=O)OC. The molecule has 1 amide bonds. The Bertz CT molecular complexity index is 665. The summed E-state index contributed by atoms with van der Waals surface area (Å²) in [6.07, 6.45) is 1.06. The molecule has 0 aliphatic heterocycles. The first-order valence-electron chi connectivity index (χ1n) is 7.39. The summed E-state index contributed by atoms with van der Waals surface area (Å²) in [5.74, 6) is -0.507. The minimum Gasteiger partial charge on any atom is -0.467 e. The largest absolute Gasteiger partial charge is 0.467 e. The quantitative estimate of drug-likeness (QED) is 0.832. The van der Waals surface area contributed by atoms with Gasteiger partial charge in [-0.3, -0.25) is 4.79 Å². The van der Waals surface area contributed by atoms with Crippen LogP contribution >= 0.6 is 11.3 Å². The minimum atomic E-state index is -0.590. The molecule has 2 atom stereocenters. The van der Waals surface area contributed by atoms with Crippen molar-refractivity contribution in [2.45, 2.75) is 32.7 Å². The average Bonchev–Trinajstić information content (AvgIpc) is 2.94. The Balaban J connectivity index is 2.09. The van der Waals surface area contributed by atoms with Gasteiger partial charge in [0.05, 0.1) is 13.5 Å². The normalized spacial score (nSPS) is 13.6. The first kappa shape index (κ1) is 16.5. The molecular weight excluding hydrogens is 298 g/mol. The second-order valence-electron chi connectivity index (χ2n) is 5.39. The van der Waals surface area contributed by atoms with Gasteiger partial charge in [-0.25, -0.2) is 4.79 Å². The van der Waals surface area contributed by atoms with Crippen LogP contribution in [0.5, 0.6) is 0 Å². The fraction of sp³-hybridized carbons (Fsp3) is 0.412. The van der Waals surface area contributed by atoms with Gasteiger partial charge in [0.1, 0.15) is 6.04 Å². The third-order valence-corrected chi connectivity index (χ3v) is 4.91. The van der Waals surface area contributed by atoms with Crippen molar-refractivity contribution >= 4 is 33.3 Å². The molecular formula is C17H21NO3S. The number of ether oxygens (including phenoxy) is 1. The van der Waals surface area contributed by atoms with Crippen LogP contribution in [0.25, 0.3) is 10.1 Å². The van der Waals surface area contributed by atoms with E-state index in [1.54, 1.807) is 11.3 Å². The number of benzene rings is 1. The van der Waals surface area contributed by atoms with Crippen LogP contribution in [0.1, 0.15) is 25.8 Å². The van der Waals surface area contributed by atoms with Crippen molar-refractivity contribution in [1.29, 1.82) is 0 Å². The number of fused-ring (bicyclic) bond motifs is 1. The number of hydrogen-bond donors (Lipinski definition) is 1. The molecule has 1 aromatic heterocycles. The molecule has 2 aromatic rings. The predicted molar refractivity (Wildman–Crippen MR) is 88.9 cm³/mol. The van der Waals surface area contributed by atoms with E-state index in [2.05, 4.69) is 5.32 Å². The fourth-order valence-electron chi connectivity index (χ4n) is 2.36. The van der Waals surface area contributed by atoms with Gasteiger partial charge < -0.3 is 10.1 Å². The Morgan fingerprint density at radius 2 is 2.05 bits per heavy atom. The van der Waals surface area contributed by atoms with Gasteiger partial charge in [0.2, 0.25) is 5.91 Å². The van der Waals surface area contributed by atoms with Crippen molar-refractivity contribution in [2.24, 2.45) is 5.92 Å². The maximum atomic E-state index is 12.3. The van der Waals surface area contributed by atoms with Gasteiger partial charge >= 0.3 is 5.97 Å². The standard InChI is InChI=1S/C17H21NO3S/c1-4-11(2)16(17(20)21-3)18-15(19)9-12-10-22-14-8-6-5-7-13(12)14/h5-8,10-11,16H,4,9H2,1-3H3,(H,18,19). The molecule has 22 heavy (non-hydrogen) atoms. The molecule has 0 bridgehead atoms. The molecule has 0 saturated heterocycles. The highest BCUT2D eigenvalue weighted by Gasteiger charge is 2.26. The highest BCUT2D eigenvalue weighted by atomic mass is 32.1. The lowest BCUT2D eigenvalue weighted by molar-refractivity contribution is -0.146. The van der Waals surface area contributed by atoms with Crippen molar-refractivity contribution in [1.82, 2.24) is 5.32 Å². The Labute approximate surface area is 134 Å². The zero-order valence-corrected chi connectivity index (χ0v) is 13.9. The summed E-state index contributed by atoms with van der Waals surface area (Å²) in [4.78, 5) is 24.1. The topological polar surface area (TPSA) is 55.4 Å². The number of hydrogen-bond acceptors (Lipinski definition) is 4. The molecule has 5 heteroatoms. The first-order valence-corrected chi connectivity index (χ1v) is 8.27. The van der Waals surface area contributed by atoms with E-state index in [1.165, 1.54) is 7.11 Å². The molecule has 0 spiro atoms. The Morgan fingerprint density at radius 3 is 2.73 bits per heavy atom. The summed E-state index contributed by atoms with van der Waals surface area (Å²) in [6.45, 7) is 3.92. The summed E-state index contributed by atoms with van der Waals surface area (Å²) in [5.41, 5.74) is 0.992. The molecule has 1 aromatic carbocycles. The van der Waals surface area contributed by atoms with Gasteiger partial charge in [0, 0.05) is 4.70 Å². The van der Waals surface area contributed by atoms with Crippen LogP contribution in [-0.4, -0.2) is 25.0 Å². The number of nitrogens with one attached hydrogen (secondary N) is 1. The molecule has 0 aliphatic rings. The average molecular weight is 319 g/mol. The van der Waals surface area contributed by atoms with Crippen LogP contribution in [0.2, 0.25) is 0 Å². The third-order valence-electron chi connectivity index (χ3n) is 3.90. The highest BCUT2D eigenvalue weighted by molar-refractivity contribution is 7.17. The number of rotatable bonds is 6. The summed E-state index contributed by atoms with van der Waals surface area (Å²) in [5, 5.41) is 5.91. The van der Waals surface area contributed by atoms with Gasteiger partial charge in [-0.15, -0.1) is 11.3 Å². The zero-order valence-electron chi connectivity index (χ0n) is 13.1. The van der Waals surface area contributed by atoms with Crippen LogP contribution in [-0.2, 0) is 20.7 Å². The van der Waals surface area contributed by atoms with Crippen molar-refractivity contribution in [3.05, 3.63) is 35.2 Å². The molecule has 118 valence electrons. The molecule has 1 heterocycles. The smallest absolute Gasteiger partial charge is 0.328 e. The van der Waals surface area contributed by atoms with E-state index < -0.39 is 12.0 Å². The summed E-state index contributed by atoms with van der Waals surface area (Å²) in [6, 6.07) is 7.41. The summed E-state index contributed by atoms with van der Waals surface area (Å²) < 4.78 is 5.95. The van der Waals surface area contributed by atoms with Gasteiger partial charge in [-0.05, 0) is 28.3 Å². The van der Waals surface area contributed by atoms with Gasteiger partial charge in [0.25, 0.3) is 0 Å². The van der Waals surface area contributed by atoms with Crippen LogP contribution in [0, 0.1) is 5.92 Å². The van der Waals surface area contributed by atoms with E-state index in [1.807, 2.05) is 43.5 Å². The van der Waals surface area contributed by atoms with E-state index in [0.29, 0.717) is 0 Å². The van der Waals surface area contributed by atoms with Gasteiger partial charge in [-0.2, -0.15) is 0 Å². The van der Waals surface area contributed by atoms with E-state index in [0.717, 1.165) is 22.1 Å². The second-order valence-corrected chi connectivity index (χ2v) is 6.30. The van der Waals surface area contributed by atoms with E-state index >= 15 is 0 Å². The lowest BCUT2D eigenvalue weighted by Crippen LogP contribution is -2.46. The van der Waals surface area contributed by atoms with Crippen molar-refractivity contribution in [3.8, 4) is 0 Å². The fourth-order valence-corrected chi connectivity index (χ4v) is 3.33. The van der Waals surface area contributed by atoms with Crippen molar-refractivity contribution in [3.63, 3.8) is 0 Å². The van der Waals surface area contributed by atoms with E-state index in [4.69, 9.17) is 4.74 Å². The van der Waals surface area contributed by atoms with Crippen molar-refractivity contribution in [2.75, 3.05) is 7.11 Å². The molecule has 4 nitrogen and oxygen atoms in total. The maximum Gasteiger partial charge on any atom is 0.328 e. The molecule has 2 rings (SSSR count). The lowest BCUT2D eigenvalue weighted by atomic mass is 9.99. The van der Waals surface area contributed by atoms with E-state index in [-0.39, 0.29) is 18.2 Å². The van der Waals surface area contributed by atoms with E-state index in [9.17, 15) is 9.59 Å². The number of amides is 1. The maximum absolute atomic E-state index is 12.3. The molecule has 2 unspecified atom stereocenters. The second kappa shape index (κ2) is 7.40. The van der Waals surface area contributed by atoms with Gasteiger partial charge in [0.15, 0.2) is 0 Å². The molecule has 0 aliphatic carbocycles. The van der Waals surface area contributed by atoms with Crippen LogP contribution in [0.3, 0.4) is 0 Å². The minimum absolute atomic E-state index is 0.0376. The van der Waals surface area contributed by atoms with Gasteiger partial charge in [-0.1, -0.05) is 38.5 Å². The Morgan fingerprint density at radius 1 is 1.32 bits per heavy atom. The number of esters is 1. The Kier molecular flexibility index (Phi) is 5.55. The van der Waals surface area contributed by atoms with Crippen LogP contribution in [0.4, 0.5) is 0 Å². The molecule has 0 saturated carbocycles. The summed E-state index contributed by atoms with van der Waals surface area (Å²) in [7, 11) is 1.34. The van der Waals surface area contributed by atoms with Crippen molar-refractivity contribution < 1.29 is 14.3 Å². The molecule has 1 N–H and O–H groups in total. The molecule has 0 radical (unpaired) electrons. The number of carbonyl (C=O) groups is 2. The zero-order chi connectivity index (χ0) is 16.1. The molecule has 0 fully saturated rings. The lowest BCUT2D eigenvalue weighted by Gasteiger charge is -2.21. The monoisotopic (exact) mass is 319 g/mol. The number of methoxy groups -OCH3 is 1. The number of carbonyl (C=O) groups excluding carboxylic acids is 2. The summed E-state index contributed by atoms with van der Waals surface area (Å²) >= 11 is 1.62. The van der Waals surface area contributed by atoms with Crippen LogP contribution < -0.4 is 5.32 Å². The first-order chi connectivity index (χ1) is 10.6. The third kappa shape index (κ3) is 3.65.